The van der Waals surface area contributed by atoms with Crippen molar-refractivity contribution < 1.29 is 14.6 Å². The van der Waals surface area contributed by atoms with E-state index in [0.29, 0.717) is 13.0 Å². The van der Waals surface area contributed by atoms with Gasteiger partial charge in [0.2, 0.25) is 0 Å². The Hall–Kier alpha value is -0.610. The molecule has 84 valence electrons. The Morgan fingerprint density at radius 2 is 2.07 bits per heavy atom. The number of likely N-dealkylation sites (N-methyl/N-ethyl adjacent to an activating group) is 1. The summed E-state index contributed by atoms with van der Waals surface area (Å²) in [6.07, 6.45) is -0.00547. The molecule has 0 aliphatic rings. The zero-order chi connectivity index (χ0) is 11.1. The number of carbonyl (C=O) groups excluding carboxylic acids is 1. The molecular weight excluding hydrogens is 182 g/mol. The summed E-state index contributed by atoms with van der Waals surface area (Å²) >= 11 is 0. The lowest BCUT2D eigenvalue weighted by molar-refractivity contribution is -0.141. The molecule has 4 nitrogen and oxygen atoms in total. The SMILES string of the molecule is CCN(CCC(=O)OC)C(C)C(C)O. The van der Waals surface area contributed by atoms with Crippen molar-refractivity contribution in [2.75, 3.05) is 20.2 Å². The maximum atomic E-state index is 10.9. The van der Waals surface area contributed by atoms with E-state index >= 15 is 0 Å². The van der Waals surface area contributed by atoms with Gasteiger partial charge in [0.05, 0.1) is 19.6 Å². The second-order valence-electron chi connectivity index (χ2n) is 3.44. The van der Waals surface area contributed by atoms with Gasteiger partial charge in [0.25, 0.3) is 0 Å². The van der Waals surface area contributed by atoms with E-state index < -0.39 is 0 Å². The number of carbonyl (C=O) groups is 1. The lowest BCUT2D eigenvalue weighted by Crippen LogP contribution is -2.41. The monoisotopic (exact) mass is 203 g/mol. The molecule has 0 radical (unpaired) electrons. The molecule has 0 saturated carbocycles. The van der Waals surface area contributed by atoms with Gasteiger partial charge in [-0.05, 0) is 20.4 Å². The minimum atomic E-state index is -0.382. The van der Waals surface area contributed by atoms with Gasteiger partial charge in [0.15, 0.2) is 0 Å². The van der Waals surface area contributed by atoms with E-state index in [2.05, 4.69) is 9.64 Å². The van der Waals surface area contributed by atoms with Crippen LogP contribution in [0, 0.1) is 0 Å². The van der Waals surface area contributed by atoms with Crippen LogP contribution in [0.15, 0.2) is 0 Å². The fourth-order valence-corrected chi connectivity index (χ4v) is 1.29. The lowest BCUT2D eigenvalue weighted by atomic mass is 10.1. The van der Waals surface area contributed by atoms with Crippen LogP contribution in [-0.2, 0) is 9.53 Å². The van der Waals surface area contributed by atoms with Crippen LogP contribution in [0.5, 0.6) is 0 Å². The van der Waals surface area contributed by atoms with Gasteiger partial charge in [-0.2, -0.15) is 0 Å². The molecule has 0 aliphatic heterocycles. The van der Waals surface area contributed by atoms with Crippen LogP contribution in [0.25, 0.3) is 0 Å². The summed E-state index contributed by atoms with van der Waals surface area (Å²) < 4.78 is 4.56. The third kappa shape index (κ3) is 4.58. The van der Waals surface area contributed by atoms with E-state index in [-0.39, 0.29) is 18.1 Å². The number of rotatable bonds is 6. The average molecular weight is 203 g/mol. The molecule has 4 heteroatoms. The topological polar surface area (TPSA) is 49.8 Å². The fraction of sp³-hybridized carbons (Fsp3) is 0.900. The summed E-state index contributed by atoms with van der Waals surface area (Å²) in [5.74, 6) is -0.207. The Balaban J connectivity index is 3.96. The summed E-state index contributed by atoms with van der Waals surface area (Å²) in [5, 5.41) is 9.39. The van der Waals surface area contributed by atoms with E-state index in [1.807, 2.05) is 13.8 Å². The summed E-state index contributed by atoms with van der Waals surface area (Å²) in [7, 11) is 1.39. The van der Waals surface area contributed by atoms with Crippen molar-refractivity contribution in [3.05, 3.63) is 0 Å². The third-order valence-electron chi connectivity index (χ3n) is 2.51. The first-order valence-corrected chi connectivity index (χ1v) is 5.01. The molecule has 0 aliphatic carbocycles. The summed E-state index contributed by atoms with van der Waals surface area (Å²) in [5.41, 5.74) is 0. The highest BCUT2D eigenvalue weighted by atomic mass is 16.5. The summed E-state index contributed by atoms with van der Waals surface area (Å²) in [6, 6.07) is 0.0738. The highest BCUT2D eigenvalue weighted by Gasteiger charge is 2.17. The van der Waals surface area contributed by atoms with Gasteiger partial charge in [-0.25, -0.2) is 0 Å². The number of hydrogen-bond donors (Lipinski definition) is 1. The maximum absolute atomic E-state index is 10.9. The predicted molar refractivity (Wildman–Crippen MR) is 55.0 cm³/mol. The molecule has 0 amide bonds. The number of methoxy groups -OCH3 is 1. The van der Waals surface area contributed by atoms with Crippen molar-refractivity contribution in [2.45, 2.75) is 39.3 Å². The molecule has 0 rings (SSSR count). The molecule has 2 unspecified atom stereocenters. The minimum Gasteiger partial charge on any atom is -0.469 e. The molecule has 1 N–H and O–H groups in total. The molecule has 0 aromatic rings. The number of aliphatic hydroxyl groups excluding tert-OH is 1. The summed E-state index contributed by atoms with van der Waals surface area (Å²) in [6.45, 7) is 7.17. The highest BCUT2D eigenvalue weighted by Crippen LogP contribution is 2.04. The van der Waals surface area contributed by atoms with E-state index in [1.165, 1.54) is 7.11 Å². The Kier molecular flexibility index (Phi) is 6.49. The number of esters is 1. The van der Waals surface area contributed by atoms with Gasteiger partial charge in [-0.3, -0.25) is 9.69 Å². The van der Waals surface area contributed by atoms with Crippen molar-refractivity contribution in [2.24, 2.45) is 0 Å². The van der Waals surface area contributed by atoms with Crippen LogP contribution in [-0.4, -0.2) is 48.3 Å². The first-order valence-electron chi connectivity index (χ1n) is 5.01. The van der Waals surface area contributed by atoms with Crippen molar-refractivity contribution in [1.82, 2.24) is 4.90 Å². The van der Waals surface area contributed by atoms with Gasteiger partial charge in [-0.15, -0.1) is 0 Å². The van der Waals surface area contributed by atoms with Gasteiger partial charge in [-0.1, -0.05) is 6.92 Å². The third-order valence-corrected chi connectivity index (χ3v) is 2.51. The minimum absolute atomic E-state index is 0.0738. The molecule has 0 spiro atoms. The zero-order valence-electron chi connectivity index (χ0n) is 9.49. The molecule has 2 atom stereocenters. The van der Waals surface area contributed by atoms with Crippen LogP contribution in [0.4, 0.5) is 0 Å². The van der Waals surface area contributed by atoms with Crippen LogP contribution < -0.4 is 0 Å². The van der Waals surface area contributed by atoms with Crippen molar-refractivity contribution in [3.63, 3.8) is 0 Å². The standard InChI is InChI=1S/C10H21NO3/c1-5-11(8(2)9(3)12)7-6-10(13)14-4/h8-9,12H,5-7H2,1-4H3. The van der Waals surface area contributed by atoms with Gasteiger partial charge >= 0.3 is 5.97 Å². The van der Waals surface area contributed by atoms with Crippen LogP contribution in [0.1, 0.15) is 27.2 Å². The van der Waals surface area contributed by atoms with Crippen molar-refractivity contribution in [1.29, 1.82) is 0 Å². The molecule has 0 bridgehead atoms. The molecule has 14 heavy (non-hydrogen) atoms. The quantitative estimate of drug-likeness (QED) is 0.644. The van der Waals surface area contributed by atoms with Crippen molar-refractivity contribution in [3.8, 4) is 0 Å². The lowest BCUT2D eigenvalue weighted by Gasteiger charge is -2.29. The van der Waals surface area contributed by atoms with E-state index in [0.717, 1.165) is 6.54 Å². The van der Waals surface area contributed by atoms with Crippen molar-refractivity contribution >= 4 is 5.97 Å². The summed E-state index contributed by atoms with van der Waals surface area (Å²) in [4.78, 5) is 13.0. The first kappa shape index (κ1) is 13.4. The highest BCUT2D eigenvalue weighted by molar-refractivity contribution is 5.69. The molecular formula is C10H21NO3. The Labute approximate surface area is 85.9 Å². The number of nitrogens with zero attached hydrogens (tertiary/aromatic N) is 1. The van der Waals surface area contributed by atoms with Crippen LogP contribution in [0.3, 0.4) is 0 Å². The predicted octanol–water partition coefficient (Wildman–Crippen LogP) is 0.641. The van der Waals surface area contributed by atoms with E-state index in [9.17, 15) is 9.90 Å². The van der Waals surface area contributed by atoms with E-state index in [4.69, 9.17) is 0 Å². The fourth-order valence-electron chi connectivity index (χ4n) is 1.29. The van der Waals surface area contributed by atoms with Gasteiger partial charge < -0.3 is 9.84 Å². The Morgan fingerprint density at radius 3 is 2.43 bits per heavy atom. The Morgan fingerprint density at radius 1 is 1.50 bits per heavy atom. The largest absolute Gasteiger partial charge is 0.469 e. The maximum Gasteiger partial charge on any atom is 0.306 e. The normalized spacial score (nSPS) is 15.3. The zero-order valence-corrected chi connectivity index (χ0v) is 9.49. The molecule has 0 aromatic carbocycles. The number of ether oxygens (including phenoxy) is 1. The first-order chi connectivity index (χ1) is 6.52. The second kappa shape index (κ2) is 6.79. The number of hydrogen-bond acceptors (Lipinski definition) is 4. The molecule has 0 heterocycles. The van der Waals surface area contributed by atoms with E-state index in [1.54, 1.807) is 6.92 Å². The van der Waals surface area contributed by atoms with Crippen LogP contribution >= 0.6 is 0 Å². The molecule has 0 aromatic heterocycles. The number of aliphatic hydroxyl groups is 1. The second-order valence-corrected chi connectivity index (χ2v) is 3.44. The average Bonchev–Trinajstić information content (AvgIpc) is 2.17. The molecule has 0 fully saturated rings. The molecule has 0 saturated heterocycles. The van der Waals surface area contributed by atoms with Crippen LogP contribution in [0.2, 0.25) is 0 Å². The Bertz CT molecular complexity index is 171. The smallest absolute Gasteiger partial charge is 0.306 e. The van der Waals surface area contributed by atoms with Gasteiger partial charge in [0, 0.05) is 12.6 Å². The van der Waals surface area contributed by atoms with Gasteiger partial charge in [0.1, 0.15) is 0 Å².